The largest absolute Gasteiger partial charge is 0.326 e. The zero-order valence-electron chi connectivity index (χ0n) is 17.3. The van der Waals surface area contributed by atoms with Gasteiger partial charge in [-0.15, -0.1) is 0 Å². The first kappa shape index (κ1) is 28.3. The lowest BCUT2D eigenvalue weighted by Gasteiger charge is -2.10. The molecular formula is C23H21Br3F3N3. The summed E-state index contributed by atoms with van der Waals surface area (Å²) in [5.41, 5.74) is 6.58. The van der Waals surface area contributed by atoms with Gasteiger partial charge in [0, 0.05) is 37.6 Å². The van der Waals surface area contributed by atoms with E-state index in [9.17, 15) is 13.2 Å². The molecule has 3 aromatic carbocycles. The first-order valence-corrected chi connectivity index (χ1v) is 11.5. The number of rotatable bonds is 3. The number of hydrogen-bond acceptors (Lipinski definition) is 3. The fourth-order valence-corrected chi connectivity index (χ4v) is 3.47. The molecule has 0 bridgehead atoms. The topological polar surface area (TPSA) is 53.0 Å². The van der Waals surface area contributed by atoms with Crippen molar-refractivity contribution in [3.8, 4) is 6.07 Å². The van der Waals surface area contributed by atoms with E-state index in [1.807, 2.05) is 19.0 Å². The van der Waals surface area contributed by atoms with Crippen LogP contribution in [0, 0.1) is 28.8 Å². The van der Waals surface area contributed by atoms with Gasteiger partial charge in [-0.05, 0) is 68.7 Å². The van der Waals surface area contributed by atoms with E-state index < -0.39 is 5.82 Å². The van der Waals surface area contributed by atoms with Gasteiger partial charge in [-0.25, -0.2) is 13.2 Å². The molecule has 0 atom stereocenters. The summed E-state index contributed by atoms with van der Waals surface area (Å²) >= 11 is 9.64. The number of nitrogens with two attached hydrogens (primary N) is 1. The van der Waals surface area contributed by atoms with E-state index >= 15 is 0 Å². The second-order valence-electron chi connectivity index (χ2n) is 6.65. The maximum absolute atomic E-state index is 13.1. The normalized spacial score (nSPS) is 9.91. The summed E-state index contributed by atoms with van der Waals surface area (Å²) in [6.45, 7) is 0.872. The van der Waals surface area contributed by atoms with E-state index in [1.54, 1.807) is 36.4 Å². The predicted octanol–water partition coefficient (Wildman–Crippen LogP) is 7.16. The fraction of sp³-hybridized carbons (Fsp3) is 0.174. The molecule has 0 fully saturated rings. The molecule has 0 saturated carbocycles. The molecule has 0 aliphatic carbocycles. The van der Waals surface area contributed by atoms with Crippen molar-refractivity contribution in [2.75, 3.05) is 14.1 Å². The lowest BCUT2D eigenvalue weighted by Crippen LogP contribution is -2.11. The monoisotopic (exact) mass is 633 g/mol. The van der Waals surface area contributed by atoms with Crippen molar-refractivity contribution >= 4 is 47.8 Å². The van der Waals surface area contributed by atoms with Crippen LogP contribution in [0.1, 0.15) is 16.7 Å². The van der Waals surface area contributed by atoms with Gasteiger partial charge in [0.25, 0.3) is 0 Å². The molecule has 2 N–H and O–H groups in total. The van der Waals surface area contributed by atoms with Gasteiger partial charge in [-0.3, -0.25) is 0 Å². The summed E-state index contributed by atoms with van der Waals surface area (Å²) in [6.07, 6.45) is 0. The van der Waals surface area contributed by atoms with Crippen molar-refractivity contribution in [1.82, 2.24) is 4.90 Å². The van der Waals surface area contributed by atoms with Crippen LogP contribution in [-0.2, 0) is 13.1 Å². The summed E-state index contributed by atoms with van der Waals surface area (Å²) in [6, 6.07) is 15.7. The highest BCUT2D eigenvalue weighted by atomic mass is 79.9. The Hall–Kier alpha value is -1.70. The van der Waals surface area contributed by atoms with E-state index in [0.717, 1.165) is 14.5 Å². The molecule has 32 heavy (non-hydrogen) atoms. The Labute approximate surface area is 211 Å². The fourth-order valence-electron chi connectivity index (χ4n) is 2.29. The molecule has 170 valence electrons. The quantitative estimate of drug-likeness (QED) is 0.332. The number of nitrogens with zero attached hydrogens (tertiary/aromatic N) is 2. The molecule has 0 aliphatic rings. The average molecular weight is 636 g/mol. The third kappa shape index (κ3) is 10.3. The van der Waals surface area contributed by atoms with Crippen molar-refractivity contribution < 1.29 is 13.2 Å². The van der Waals surface area contributed by atoms with Gasteiger partial charge in [0.05, 0.1) is 5.56 Å². The van der Waals surface area contributed by atoms with Gasteiger partial charge in [0.15, 0.2) is 0 Å². The Bertz CT molecular complexity index is 1070. The lowest BCUT2D eigenvalue weighted by atomic mass is 10.2. The van der Waals surface area contributed by atoms with Crippen molar-refractivity contribution in [1.29, 1.82) is 5.26 Å². The van der Waals surface area contributed by atoms with Crippen molar-refractivity contribution in [3.05, 3.63) is 102 Å². The molecule has 0 unspecified atom stereocenters. The van der Waals surface area contributed by atoms with Crippen LogP contribution in [0.25, 0.3) is 0 Å². The summed E-state index contributed by atoms with van der Waals surface area (Å²) < 4.78 is 40.8. The Kier molecular flexibility index (Phi) is 12.8. The second-order valence-corrected chi connectivity index (χ2v) is 9.40. The van der Waals surface area contributed by atoms with Crippen molar-refractivity contribution in [3.63, 3.8) is 0 Å². The molecule has 3 rings (SSSR count). The molecule has 3 nitrogen and oxygen atoms in total. The summed E-state index contributed by atoms with van der Waals surface area (Å²) in [5.74, 6) is -0.872. The van der Waals surface area contributed by atoms with E-state index in [0.29, 0.717) is 16.6 Å². The minimum atomic E-state index is -0.481. The molecule has 0 saturated heterocycles. The van der Waals surface area contributed by atoms with E-state index in [4.69, 9.17) is 11.0 Å². The number of nitriles is 1. The van der Waals surface area contributed by atoms with E-state index in [1.165, 1.54) is 24.3 Å². The molecule has 3 aromatic rings. The highest BCUT2D eigenvalue weighted by Gasteiger charge is 2.03. The van der Waals surface area contributed by atoms with Gasteiger partial charge in [0.1, 0.15) is 23.5 Å². The first-order valence-electron chi connectivity index (χ1n) is 9.15. The van der Waals surface area contributed by atoms with Crippen LogP contribution in [0.4, 0.5) is 13.2 Å². The van der Waals surface area contributed by atoms with Gasteiger partial charge in [-0.1, -0.05) is 47.8 Å². The van der Waals surface area contributed by atoms with Crippen LogP contribution in [0.15, 0.2) is 68.0 Å². The summed E-state index contributed by atoms with van der Waals surface area (Å²) in [4.78, 5) is 1.94. The minimum absolute atomic E-state index is 0.0642. The molecule has 0 aromatic heterocycles. The van der Waals surface area contributed by atoms with Crippen LogP contribution in [-0.4, -0.2) is 19.0 Å². The third-order valence-corrected chi connectivity index (χ3v) is 5.25. The van der Waals surface area contributed by atoms with Crippen molar-refractivity contribution in [2.24, 2.45) is 5.73 Å². The van der Waals surface area contributed by atoms with Crippen LogP contribution < -0.4 is 5.73 Å². The smallest absolute Gasteiger partial charge is 0.141 e. The Morgan fingerprint density at radius 3 is 1.62 bits per heavy atom. The van der Waals surface area contributed by atoms with Crippen molar-refractivity contribution in [2.45, 2.75) is 13.1 Å². The number of halogens is 6. The van der Waals surface area contributed by atoms with Gasteiger partial charge >= 0.3 is 0 Å². The van der Waals surface area contributed by atoms with E-state index in [2.05, 4.69) is 47.8 Å². The van der Waals surface area contributed by atoms with E-state index in [-0.39, 0.29) is 23.7 Å². The Morgan fingerprint density at radius 1 is 0.781 bits per heavy atom. The molecule has 0 amide bonds. The second kappa shape index (κ2) is 14.4. The first-order chi connectivity index (χ1) is 15.1. The zero-order chi connectivity index (χ0) is 24.3. The molecule has 0 aliphatic heterocycles. The summed E-state index contributed by atoms with van der Waals surface area (Å²) in [5, 5.41) is 8.33. The standard InChI is InChI=1S/C9H11BrFN.C7H7BrFN.C7H3BrFN/c1-12(2)6-7-5-8(10)3-4-9(7)11;2*8-6-1-2-7(9)5(3-6)4-10/h3-5H,6H2,1-2H3;1-3H,4,10H2;1-3H. The van der Waals surface area contributed by atoms with Crippen LogP contribution in [0.2, 0.25) is 0 Å². The van der Waals surface area contributed by atoms with Gasteiger partial charge < -0.3 is 10.6 Å². The maximum Gasteiger partial charge on any atom is 0.141 e. The number of hydrogen-bond donors (Lipinski definition) is 1. The SMILES string of the molecule is CN(C)Cc1cc(Br)ccc1F.N#Cc1cc(Br)ccc1F.NCc1cc(Br)ccc1F. The Balaban J connectivity index is 0.000000241. The highest BCUT2D eigenvalue weighted by molar-refractivity contribution is 9.11. The van der Waals surface area contributed by atoms with Crippen LogP contribution in [0.5, 0.6) is 0 Å². The predicted molar refractivity (Wildman–Crippen MR) is 132 cm³/mol. The van der Waals surface area contributed by atoms with Crippen LogP contribution in [0.3, 0.4) is 0 Å². The molecule has 0 spiro atoms. The maximum atomic E-state index is 13.1. The Morgan fingerprint density at radius 2 is 1.22 bits per heavy atom. The lowest BCUT2D eigenvalue weighted by molar-refractivity contribution is 0.392. The summed E-state index contributed by atoms with van der Waals surface area (Å²) in [7, 11) is 3.83. The van der Waals surface area contributed by atoms with Crippen LogP contribution >= 0.6 is 47.8 Å². The van der Waals surface area contributed by atoms with Gasteiger partial charge in [0.2, 0.25) is 0 Å². The number of benzene rings is 3. The minimum Gasteiger partial charge on any atom is -0.326 e. The van der Waals surface area contributed by atoms with Gasteiger partial charge in [-0.2, -0.15) is 5.26 Å². The molecule has 0 radical (unpaired) electrons. The molecule has 0 heterocycles. The zero-order valence-corrected chi connectivity index (χ0v) is 22.1. The third-order valence-electron chi connectivity index (χ3n) is 3.77. The average Bonchev–Trinajstić information content (AvgIpc) is 2.74. The molecule has 9 heteroatoms. The highest BCUT2D eigenvalue weighted by Crippen LogP contribution is 2.17. The molecular weight excluding hydrogens is 615 g/mol.